The van der Waals surface area contributed by atoms with Crippen LogP contribution in [0.15, 0.2) is 24.3 Å². The van der Waals surface area contributed by atoms with Gasteiger partial charge in [-0.3, -0.25) is 0 Å². The van der Waals surface area contributed by atoms with Crippen LogP contribution >= 0.6 is 0 Å². The Bertz CT molecular complexity index is 353. The van der Waals surface area contributed by atoms with E-state index in [1.165, 1.54) is 0 Å². The zero-order valence-corrected chi connectivity index (χ0v) is 11.7. The van der Waals surface area contributed by atoms with Gasteiger partial charge in [-0.05, 0) is 37.5 Å². The first-order valence-electron chi connectivity index (χ1n) is 6.51. The fourth-order valence-electron chi connectivity index (χ4n) is 2.57. The predicted molar refractivity (Wildman–Crippen MR) is 72.6 cm³/mol. The lowest BCUT2D eigenvalue weighted by atomic mass is 9.71. The van der Waals surface area contributed by atoms with Crippen molar-refractivity contribution in [2.45, 2.75) is 45.8 Å². The average Bonchev–Trinajstić information content (AvgIpc) is 2.40. The molecule has 2 atom stereocenters. The first kappa shape index (κ1) is 15.0. The number of hydrogen-bond donors (Lipinski definition) is 2. The Labute approximate surface area is 109 Å². The Morgan fingerprint density at radius 1 is 1.11 bits per heavy atom. The van der Waals surface area contributed by atoms with Crippen molar-refractivity contribution in [2.24, 2.45) is 5.41 Å². The van der Waals surface area contributed by atoms with E-state index in [-0.39, 0.29) is 0 Å². The van der Waals surface area contributed by atoms with Crippen molar-refractivity contribution in [3.05, 3.63) is 29.8 Å². The van der Waals surface area contributed by atoms with Crippen LogP contribution in [-0.4, -0.2) is 23.4 Å². The highest BCUT2D eigenvalue weighted by molar-refractivity contribution is 5.29. The molecule has 0 aliphatic rings. The fourth-order valence-corrected chi connectivity index (χ4v) is 2.57. The minimum atomic E-state index is -0.668. The Kier molecular flexibility index (Phi) is 5.17. The molecule has 1 aromatic rings. The highest BCUT2D eigenvalue weighted by Gasteiger charge is 2.39. The molecule has 0 saturated heterocycles. The van der Waals surface area contributed by atoms with Gasteiger partial charge >= 0.3 is 0 Å². The third-order valence-electron chi connectivity index (χ3n) is 4.12. The molecule has 0 aliphatic carbocycles. The smallest absolute Gasteiger partial charge is 0.118 e. The van der Waals surface area contributed by atoms with Gasteiger partial charge in [-0.2, -0.15) is 0 Å². The van der Waals surface area contributed by atoms with E-state index in [1.54, 1.807) is 14.0 Å². The molecule has 2 unspecified atom stereocenters. The summed E-state index contributed by atoms with van der Waals surface area (Å²) in [7, 11) is 1.61. The van der Waals surface area contributed by atoms with E-state index < -0.39 is 17.6 Å². The highest BCUT2D eigenvalue weighted by Crippen LogP contribution is 2.43. The maximum atomic E-state index is 10.6. The second kappa shape index (κ2) is 6.21. The normalized spacial score (nSPS) is 15.2. The van der Waals surface area contributed by atoms with Crippen molar-refractivity contribution in [3.63, 3.8) is 0 Å². The van der Waals surface area contributed by atoms with Gasteiger partial charge < -0.3 is 14.9 Å². The van der Waals surface area contributed by atoms with Gasteiger partial charge in [-0.25, -0.2) is 0 Å². The van der Waals surface area contributed by atoms with E-state index in [1.807, 2.05) is 38.1 Å². The molecule has 0 aliphatic heterocycles. The van der Waals surface area contributed by atoms with Crippen molar-refractivity contribution in [1.29, 1.82) is 0 Å². The molecule has 0 fully saturated rings. The van der Waals surface area contributed by atoms with Crippen LogP contribution < -0.4 is 4.74 Å². The standard InChI is InChI=1S/C15H24O3/c1-5-15(6-2,11(3)16)14(17)12-7-9-13(18-4)10-8-12/h7-11,14,16-17H,5-6H2,1-4H3. The summed E-state index contributed by atoms with van der Waals surface area (Å²) < 4.78 is 5.10. The highest BCUT2D eigenvalue weighted by atomic mass is 16.5. The number of benzene rings is 1. The molecule has 18 heavy (non-hydrogen) atoms. The van der Waals surface area contributed by atoms with Crippen molar-refractivity contribution >= 4 is 0 Å². The lowest BCUT2D eigenvalue weighted by Crippen LogP contribution is -2.38. The molecule has 3 heteroatoms. The van der Waals surface area contributed by atoms with Crippen LogP contribution in [0.1, 0.15) is 45.3 Å². The first-order valence-corrected chi connectivity index (χ1v) is 6.51. The molecule has 0 saturated carbocycles. The van der Waals surface area contributed by atoms with Crippen molar-refractivity contribution < 1.29 is 14.9 Å². The minimum absolute atomic E-state index is 0.491. The molecule has 0 spiro atoms. The van der Waals surface area contributed by atoms with Gasteiger partial charge in [0, 0.05) is 5.41 Å². The van der Waals surface area contributed by atoms with Crippen LogP contribution in [0.5, 0.6) is 5.75 Å². The monoisotopic (exact) mass is 252 g/mol. The van der Waals surface area contributed by atoms with Crippen LogP contribution in [0.25, 0.3) is 0 Å². The van der Waals surface area contributed by atoms with Gasteiger partial charge in [0.1, 0.15) is 5.75 Å². The van der Waals surface area contributed by atoms with Crippen LogP contribution in [0.4, 0.5) is 0 Å². The Morgan fingerprint density at radius 2 is 1.61 bits per heavy atom. The van der Waals surface area contributed by atoms with Gasteiger partial charge in [0.15, 0.2) is 0 Å². The summed E-state index contributed by atoms with van der Waals surface area (Å²) in [5.74, 6) is 0.765. The molecule has 0 heterocycles. The second-order valence-electron chi connectivity index (χ2n) is 4.79. The summed E-state index contributed by atoms with van der Waals surface area (Å²) in [6, 6.07) is 7.37. The van der Waals surface area contributed by atoms with Crippen LogP contribution in [0, 0.1) is 5.41 Å². The zero-order chi connectivity index (χ0) is 13.8. The van der Waals surface area contributed by atoms with Crippen molar-refractivity contribution in [3.8, 4) is 5.75 Å². The summed E-state index contributed by atoms with van der Waals surface area (Å²) in [5.41, 5.74) is 0.328. The number of aliphatic hydroxyl groups excluding tert-OH is 2. The van der Waals surface area contributed by atoms with Crippen LogP contribution in [0.2, 0.25) is 0 Å². The van der Waals surface area contributed by atoms with Gasteiger partial charge in [0.05, 0.1) is 19.3 Å². The van der Waals surface area contributed by atoms with Crippen molar-refractivity contribution in [1.82, 2.24) is 0 Å². The molecular formula is C15H24O3. The maximum Gasteiger partial charge on any atom is 0.118 e. The van der Waals surface area contributed by atoms with Gasteiger partial charge in [0.2, 0.25) is 0 Å². The number of hydrogen-bond acceptors (Lipinski definition) is 3. The summed E-state index contributed by atoms with van der Waals surface area (Å²) in [5, 5.41) is 20.6. The van der Waals surface area contributed by atoms with E-state index in [9.17, 15) is 10.2 Å². The van der Waals surface area contributed by atoms with E-state index in [4.69, 9.17) is 4.74 Å². The summed E-state index contributed by atoms with van der Waals surface area (Å²) >= 11 is 0. The van der Waals surface area contributed by atoms with Crippen LogP contribution in [0.3, 0.4) is 0 Å². The van der Waals surface area contributed by atoms with E-state index >= 15 is 0 Å². The van der Waals surface area contributed by atoms with Gasteiger partial charge in [0.25, 0.3) is 0 Å². The molecule has 0 aromatic heterocycles. The molecule has 102 valence electrons. The summed E-state index contributed by atoms with van der Waals surface area (Å²) in [6.45, 7) is 5.76. The fraction of sp³-hybridized carbons (Fsp3) is 0.600. The molecule has 1 aromatic carbocycles. The quantitative estimate of drug-likeness (QED) is 0.818. The average molecular weight is 252 g/mol. The predicted octanol–water partition coefficient (Wildman–Crippen LogP) is 2.92. The van der Waals surface area contributed by atoms with Crippen LogP contribution in [-0.2, 0) is 0 Å². The lowest BCUT2D eigenvalue weighted by Gasteiger charge is -2.39. The SMILES string of the molecule is CCC(CC)(C(C)O)C(O)c1ccc(OC)cc1. The molecule has 0 bridgehead atoms. The Morgan fingerprint density at radius 3 is 1.94 bits per heavy atom. The second-order valence-corrected chi connectivity index (χ2v) is 4.79. The third-order valence-corrected chi connectivity index (χ3v) is 4.12. The topological polar surface area (TPSA) is 49.7 Å². The molecular weight excluding hydrogens is 228 g/mol. The zero-order valence-electron chi connectivity index (χ0n) is 11.7. The first-order chi connectivity index (χ1) is 8.51. The van der Waals surface area contributed by atoms with Crippen molar-refractivity contribution in [2.75, 3.05) is 7.11 Å². The molecule has 1 rings (SSSR count). The third kappa shape index (κ3) is 2.68. The molecule has 2 N–H and O–H groups in total. The van der Waals surface area contributed by atoms with E-state index in [0.717, 1.165) is 24.2 Å². The largest absolute Gasteiger partial charge is 0.497 e. The lowest BCUT2D eigenvalue weighted by molar-refractivity contribution is -0.0704. The van der Waals surface area contributed by atoms with E-state index in [2.05, 4.69) is 0 Å². The summed E-state index contributed by atoms with van der Waals surface area (Å²) in [4.78, 5) is 0. The molecule has 3 nitrogen and oxygen atoms in total. The molecule has 0 radical (unpaired) electrons. The van der Waals surface area contributed by atoms with Gasteiger partial charge in [-0.1, -0.05) is 26.0 Å². The number of methoxy groups -OCH3 is 1. The minimum Gasteiger partial charge on any atom is -0.497 e. The number of rotatable bonds is 6. The van der Waals surface area contributed by atoms with E-state index in [0.29, 0.717) is 0 Å². The summed E-state index contributed by atoms with van der Waals surface area (Å²) in [6.07, 6.45) is 0.242. The number of ether oxygens (including phenoxy) is 1. The Balaban J connectivity index is 3.05. The Hall–Kier alpha value is -1.06. The number of aliphatic hydroxyl groups is 2. The van der Waals surface area contributed by atoms with Gasteiger partial charge in [-0.15, -0.1) is 0 Å². The maximum absolute atomic E-state index is 10.6. The molecule has 0 amide bonds.